The third-order valence-electron chi connectivity index (χ3n) is 4.17. The Balaban J connectivity index is 2.30. The Morgan fingerprint density at radius 2 is 1.96 bits per heavy atom. The van der Waals surface area contributed by atoms with Crippen LogP contribution < -0.4 is 11.2 Å². The number of carbonyl (C=O) groups excluding carboxylic acids is 1. The van der Waals surface area contributed by atoms with Crippen molar-refractivity contribution in [1.29, 1.82) is 0 Å². The summed E-state index contributed by atoms with van der Waals surface area (Å²) in [5, 5.41) is 19.3. The number of hydrogen-bond acceptors (Lipinski definition) is 4. The number of hydroxylamine groups is 1. The molecule has 0 aliphatic heterocycles. The first-order chi connectivity index (χ1) is 11.4. The lowest BCUT2D eigenvalue weighted by atomic mass is 10.0. The van der Waals surface area contributed by atoms with E-state index in [1.165, 1.54) is 0 Å². The first kappa shape index (κ1) is 17.8. The number of aromatic amines is 1. The van der Waals surface area contributed by atoms with Crippen LogP contribution in [0.5, 0.6) is 5.88 Å². The molecule has 2 rings (SSSR count). The number of nitrogens with one attached hydrogen (secondary N) is 2. The first-order valence-corrected chi connectivity index (χ1v) is 7.87. The Labute approximate surface area is 139 Å². The lowest BCUT2D eigenvalue weighted by molar-refractivity contribution is -0.134. The predicted octanol–water partition coefficient (Wildman–Crippen LogP) is 1.68. The molecule has 1 aromatic heterocycles. The van der Waals surface area contributed by atoms with Gasteiger partial charge in [-0.05, 0) is 36.8 Å². The van der Waals surface area contributed by atoms with Crippen molar-refractivity contribution in [2.45, 2.75) is 39.7 Å². The van der Waals surface area contributed by atoms with Crippen molar-refractivity contribution in [3.05, 3.63) is 51.6 Å². The monoisotopic (exact) mass is 333 g/mol. The number of rotatable bonds is 6. The summed E-state index contributed by atoms with van der Waals surface area (Å²) in [5.41, 5.74) is 3.61. The van der Waals surface area contributed by atoms with E-state index < -0.39 is 17.6 Å². The largest absolute Gasteiger partial charge is 0.493 e. The number of benzene rings is 1. The van der Waals surface area contributed by atoms with Crippen LogP contribution >= 0.6 is 0 Å². The zero-order chi connectivity index (χ0) is 17.9. The van der Waals surface area contributed by atoms with E-state index in [1.54, 1.807) is 19.3 Å². The fraction of sp³-hybridized carbons (Fsp3) is 0.412. The van der Waals surface area contributed by atoms with E-state index in [0.717, 1.165) is 15.7 Å². The summed E-state index contributed by atoms with van der Waals surface area (Å²) in [6.45, 7) is 5.46. The van der Waals surface area contributed by atoms with Crippen LogP contribution in [0.25, 0.3) is 0 Å². The molecule has 0 saturated heterocycles. The second-order valence-electron chi connectivity index (χ2n) is 6.19. The van der Waals surface area contributed by atoms with E-state index in [9.17, 15) is 14.7 Å². The molecule has 24 heavy (non-hydrogen) atoms. The average molecular weight is 333 g/mol. The van der Waals surface area contributed by atoms with Crippen molar-refractivity contribution in [2.75, 3.05) is 0 Å². The third kappa shape index (κ3) is 3.51. The van der Waals surface area contributed by atoms with Gasteiger partial charge in [0.25, 0.3) is 5.91 Å². The van der Waals surface area contributed by atoms with Crippen LogP contribution in [0.2, 0.25) is 0 Å². The number of aryl methyl sites for hydroxylation is 3. The van der Waals surface area contributed by atoms with E-state index >= 15 is 0 Å². The molecule has 4 N–H and O–H groups in total. The molecule has 0 spiro atoms. The van der Waals surface area contributed by atoms with Crippen molar-refractivity contribution < 1.29 is 15.1 Å². The van der Waals surface area contributed by atoms with Crippen LogP contribution in [0.4, 0.5) is 0 Å². The number of carbonyl (C=O) groups is 1. The highest BCUT2D eigenvalue weighted by molar-refractivity contribution is 5.79. The summed E-state index contributed by atoms with van der Waals surface area (Å²) in [4.78, 5) is 26.6. The molecule has 1 heterocycles. The van der Waals surface area contributed by atoms with Crippen LogP contribution in [0.1, 0.15) is 36.7 Å². The topological polar surface area (TPSA) is 107 Å². The molecule has 7 nitrogen and oxygen atoms in total. The summed E-state index contributed by atoms with van der Waals surface area (Å²) in [5.74, 6) is -1.30. The van der Waals surface area contributed by atoms with Gasteiger partial charge in [-0.1, -0.05) is 38.1 Å². The van der Waals surface area contributed by atoms with Crippen LogP contribution in [-0.4, -0.2) is 25.8 Å². The van der Waals surface area contributed by atoms with Gasteiger partial charge in [0.2, 0.25) is 5.88 Å². The van der Waals surface area contributed by atoms with Crippen LogP contribution in [0.3, 0.4) is 0 Å². The van der Waals surface area contributed by atoms with Gasteiger partial charge in [-0.2, -0.15) is 0 Å². The number of aromatic hydroxyl groups is 1. The Bertz CT molecular complexity index is 776. The number of hydrogen-bond donors (Lipinski definition) is 4. The summed E-state index contributed by atoms with van der Waals surface area (Å²) in [6, 6.07) is 6.90. The van der Waals surface area contributed by atoms with Gasteiger partial charge < -0.3 is 10.1 Å². The molecule has 1 atom stereocenters. The lowest BCUT2D eigenvalue weighted by Crippen LogP contribution is -2.37. The van der Waals surface area contributed by atoms with Gasteiger partial charge in [-0.3, -0.25) is 14.6 Å². The van der Waals surface area contributed by atoms with E-state index in [4.69, 9.17) is 5.21 Å². The summed E-state index contributed by atoms with van der Waals surface area (Å²) >= 11 is 0. The fourth-order valence-electron chi connectivity index (χ4n) is 2.85. The Kier molecular flexibility index (Phi) is 5.46. The molecule has 1 unspecified atom stereocenters. The normalized spacial score (nSPS) is 12.4. The zero-order valence-corrected chi connectivity index (χ0v) is 14.0. The molecular formula is C17H23N3O4. The quantitative estimate of drug-likeness (QED) is 0.476. The molecule has 0 radical (unpaired) electrons. The molecule has 1 amide bonds. The molecule has 2 aromatic rings. The predicted molar refractivity (Wildman–Crippen MR) is 89.1 cm³/mol. The van der Waals surface area contributed by atoms with Crippen molar-refractivity contribution in [1.82, 2.24) is 15.0 Å². The molecule has 130 valence electrons. The smallest absolute Gasteiger partial charge is 0.329 e. The number of H-pyrrole nitrogens is 1. The summed E-state index contributed by atoms with van der Waals surface area (Å²) in [7, 11) is 0. The molecule has 0 saturated carbocycles. The SMILES string of the molecule is Cc1ccccc1CCc1[nH]c(=O)n(C(C(=O)NO)C(C)C)c1O. The van der Waals surface area contributed by atoms with Gasteiger partial charge in [-0.15, -0.1) is 0 Å². The standard InChI is InChI=1S/C17H23N3O4/c1-10(2)14(15(21)19-24)20-16(22)13(18-17(20)23)9-8-12-7-5-4-6-11(12)3/h4-7,10,14,22,24H,8-9H2,1-3H3,(H,18,23)(H,19,21). The Morgan fingerprint density at radius 3 is 2.54 bits per heavy atom. The number of nitrogens with zero attached hydrogens (tertiary/aromatic N) is 1. The second kappa shape index (κ2) is 7.35. The van der Waals surface area contributed by atoms with Crippen LogP contribution in [-0.2, 0) is 17.6 Å². The maximum Gasteiger partial charge on any atom is 0.329 e. The lowest BCUT2D eigenvalue weighted by Gasteiger charge is -2.19. The van der Waals surface area contributed by atoms with Gasteiger partial charge in [0.15, 0.2) is 0 Å². The van der Waals surface area contributed by atoms with Crippen LogP contribution in [0, 0.1) is 12.8 Å². The van der Waals surface area contributed by atoms with Gasteiger partial charge in [-0.25, -0.2) is 10.3 Å². The fourth-order valence-corrected chi connectivity index (χ4v) is 2.85. The molecule has 0 fully saturated rings. The van der Waals surface area contributed by atoms with E-state index in [1.807, 2.05) is 31.2 Å². The van der Waals surface area contributed by atoms with Crippen molar-refractivity contribution in [2.24, 2.45) is 5.92 Å². The highest BCUT2D eigenvalue weighted by Gasteiger charge is 2.29. The Morgan fingerprint density at radius 1 is 1.29 bits per heavy atom. The summed E-state index contributed by atoms with van der Waals surface area (Å²) in [6.07, 6.45) is 1.09. The van der Waals surface area contributed by atoms with Crippen molar-refractivity contribution >= 4 is 5.91 Å². The summed E-state index contributed by atoms with van der Waals surface area (Å²) < 4.78 is 0.989. The van der Waals surface area contributed by atoms with Gasteiger partial charge >= 0.3 is 5.69 Å². The van der Waals surface area contributed by atoms with Crippen molar-refractivity contribution in [3.8, 4) is 5.88 Å². The molecule has 0 aliphatic carbocycles. The maximum atomic E-state index is 12.2. The molecule has 7 heteroatoms. The molecular weight excluding hydrogens is 310 g/mol. The van der Waals surface area contributed by atoms with E-state index in [-0.39, 0.29) is 11.8 Å². The maximum absolute atomic E-state index is 12.2. The average Bonchev–Trinajstić information content (AvgIpc) is 2.81. The minimum atomic E-state index is -0.994. The zero-order valence-electron chi connectivity index (χ0n) is 14.0. The number of imidazole rings is 1. The van der Waals surface area contributed by atoms with E-state index in [0.29, 0.717) is 18.5 Å². The Hall–Kier alpha value is -2.54. The molecule has 0 aliphatic rings. The highest BCUT2D eigenvalue weighted by Crippen LogP contribution is 2.25. The van der Waals surface area contributed by atoms with Gasteiger partial charge in [0.05, 0.1) is 5.69 Å². The first-order valence-electron chi connectivity index (χ1n) is 7.87. The second-order valence-corrected chi connectivity index (χ2v) is 6.19. The molecule has 0 bridgehead atoms. The van der Waals surface area contributed by atoms with Crippen molar-refractivity contribution in [3.63, 3.8) is 0 Å². The minimum absolute atomic E-state index is 0.268. The van der Waals surface area contributed by atoms with Gasteiger partial charge in [0, 0.05) is 0 Å². The van der Waals surface area contributed by atoms with Gasteiger partial charge in [0.1, 0.15) is 6.04 Å². The number of amides is 1. The number of aromatic nitrogens is 2. The minimum Gasteiger partial charge on any atom is -0.493 e. The highest BCUT2D eigenvalue weighted by atomic mass is 16.5. The van der Waals surface area contributed by atoms with E-state index in [2.05, 4.69) is 4.98 Å². The third-order valence-corrected chi connectivity index (χ3v) is 4.17. The molecule has 1 aromatic carbocycles. The van der Waals surface area contributed by atoms with Crippen LogP contribution in [0.15, 0.2) is 29.1 Å².